The second-order valence-electron chi connectivity index (χ2n) is 4.94. The van der Waals surface area contributed by atoms with Gasteiger partial charge in [-0.3, -0.25) is 4.79 Å². The SMILES string of the molecule is CC.CC.CC.O=C1c2ccccc2C2c3ccccc3CCN12. The molecule has 2 aromatic carbocycles. The van der Waals surface area contributed by atoms with E-state index >= 15 is 0 Å². The summed E-state index contributed by atoms with van der Waals surface area (Å²) in [4.78, 5) is 14.4. The number of carbonyl (C=O) groups excluding carboxylic acids is 1. The monoisotopic (exact) mass is 325 g/mol. The second-order valence-corrected chi connectivity index (χ2v) is 4.94. The van der Waals surface area contributed by atoms with Crippen molar-refractivity contribution in [2.45, 2.75) is 54.0 Å². The van der Waals surface area contributed by atoms with Crippen molar-refractivity contribution in [2.75, 3.05) is 6.54 Å². The largest absolute Gasteiger partial charge is 0.327 e. The van der Waals surface area contributed by atoms with Gasteiger partial charge in [-0.25, -0.2) is 0 Å². The van der Waals surface area contributed by atoms with Crippen LogP contribution in [0.2, 0.25) is 0 Å². The normalized spacial score (nSPS) is 16.0. The van der Waals surface area contributed by atoms with Gasteiger partial charge in [-0.15, -0.1) is 0 Å². The molecular formula is C22H31NO. The Morgan fingerprint density at radius 2 is 1.33 bits per heavy atom. The van der Waals surface area contributed by atoms with E-state index in [1.165, 1.54) is 11.1 Å². The van der Waals surface area contributed by atoms with Crippen molar-refractivity contribution in [3.63, 3.8) is 0 Å². The van der Waals surface area contributed by atoms with Crippen LogP contribution in [-0.2, 0) is 6.42 Å². The first-order valence-corrected chi connectivity index (χ1v) is 9.34. The molecule has 0 saturated carbocycles. The van der Waals surface area contributed by atoms with Gasteiger partial charge < -0.3 is 4.90 Å². The van der Waals surface area contributed by atoms with E-state index in [0.29, 0.717) is 0 Å². The van der Waals surface area contributed by atoms with Crippen LogP contribution in [0.1, 0.15) is 74.6 Å². The van der Waals surface area contributed by atoms with Crippen molar-refractivity contribution in [3.8, 4) is 0 Å². The quantitative estimate of drug-likeness (QED) is 0.593. The van der Waals surface area contributed by atoms with Crippen LogP contribution >= 0.6 is 0 Å². The average Bonchev–Trinajstić information content (AvgIpc) is 3.00. The minimum Gasteiger partial charge on any atom is -0.327 e. The highest BCUT2D eigenvalue weighted by Crippen LogP contribution is 2.42. The highest BCUT2D eigenvalue weighted by atomic mass is 16.2. The maximum atomic E-state index is 12.4. The molecule has 2 heteroatoms. The summed E-state index contributed by atoms with van der Waals surface area (Å²) in [5.41, 5.74) is 4.71. The van der Waals surface area contributed by atoms with Gasteiger partial charge in [-0.2, -0.15) is 0 Å². The molecule has 130 valence electrons. The molecule has 0 fully saturated rings. The number of fused-ring (bicyclic) bond motifs is 5. The van der Waals surface area contributed by atoms with Crippen LogP contribution in [0.15, 0.2) is 48.5 Å². The number of nitrogens with zero attached hydrogens (tertiary/aromatic N) is 1. The molecule has 2 aromatic rings. The molecule has 24 heavy (non-hydrogen) atoms. The molecule has 1 amide bonds. The summed E-state index contributed by atoms with van der Waals surface area (Å²) >= 11 is 0. The van der Waals surface area contributed by atoms with Crippen molar-refractivity contribution in [1.29, 1.82) is 0 Å². The van der Waals surface area contributed by atoms with Crippen LogP contribution in [0.3, 0.4) is 0 Å². The maximum Gasteiger partial charge on any atom is 0.255 e. The van der Waals surface area contributed by atoms with Gasteiger partial charge in [0, 0.05) is 12.1 Å². The first-order chi connectivity index (χ1) is 11.9. The van der Waals surface area contributed by atoms with Gasteiger partial charge in [-0.05, 0) is 29.2 Å². The zero-order chi connectivity index (χ0) is 18.1. The van der Waals surface area contributed by atoms with E-state index in [2.05, 4.69) is 30.3 Å². The van der Waals surface area contributed by atoms with Gasteiger partial charge in [0.1, 0.15) is 0 Å². The lowest BCUT2D eigenvalue weighted by Crippen LogP contribution is -2.34. The molecule has 2 nitrogen and oxygen atoms in total. The van der Waals surface area contributed by atoms with E-state index in [1.54, 1.807) is 0 Å². The number of amides is 1. The van der Waals surface area contributed by atoms with Crippen LogP contribution in [-0.4, -0.2) is 17.4 Å². The summed E-state index contributed by atoms with van der Waals surface area (Å²) < 4.78 is 0. The third-order valence-corrected chi connectivity index (χ3v) is 4.03. The highest BCUT2D eigenvalue weighted by molar-refractivity contribution is 6.00. The molecule has 0 N–H and O–H groups in total. The molecule has 2 heterocycles. The summed E-state index contributed by atoms with van der Waals surface area (Å²) in [7, 11) is 0. The molecule has 0 radical (unpaired) electrons. The Kier molecular flexibility index (Phi) is 8.25. The molecule has 0 spiro atoms. The standard InChI is InChI=1S/C16H13NO.3C2H6/c18-16-14-8-4-3-7-13(14)15-12-6-2-1-5-11(12)9-10-17(15)16;3*1-2/h1-8,15H,9-10H2;3*1-2H3. The average molecular weight is 325 g/mol. The summed E-state index contributed by atoms with van der Waals surface area (Å²) in [5, 5.41) is 0. The number of benzene rings is 2. The van der Waals surface area contributed by atoms with E-state index in [0.717, 1.165) is 24.1 Å². The van der Waals surface area contributed by atoms with Crippen LogP contribution in [0, 0.1) is 0 Å². The molecule has 2 aliphatic heterocycles. The van der Waals surface area contributed by atoms with Crippen LogP contribution < -0.4 is 0 Å². The summed E-state index contributed by atoms with van der Waals surface area (Å²) in [6.07, 6.45) is 0.965. The topological polar surface area (TPSA) is 20.3 Å². The predicted octanol–water partition coefficient (Wildman–Crippen LogP) is 5.87. The van der Waals surface area contributed by atoms with Crippen molar-refractivity contribution >= 4 is 5.91 Å². The molecule has 0 aromatic heterocycles. The molecular weight excluding hydrogens is 294 g/mol. The number of hydrogen-bond acceptors (Lipinski definition) is 1. The molecule has 4 rings (SSSR count). The van der Waals surface area contributed by atoms with Crippen molar-refractivity contribution in [3.05, 3.63) is 70.8 Å². The first kappa shape index (κ1) is 20.0. The van der Waals surface area contributed by atoms with E-state index in [4.69, 9.17) is 0 Å². The second kappa shape index (κ2) is 9.92. The third-order valence-electron chi connectivity index (χ3n) is 4.03. The molecule has 0 bridgehead atoms. The highest BCUT2D eigenvalue weighted by Gasteiger charge is 2.40. The van der Waals surface area contributed by atoms with Gasteiger partial charge in [-0.1, -0.05) is 84.0 Å². The van der Waals surface area contributed by atoms with Gasteiger partial charge in [0.15, 0.2) is 0 Å². The van der Waals surface area contributed by atoms with Crippen molar-refractivity contribution < 1.29 is 4.79 Å². The fourth-order valence-corrected chi connectivity index (χ4v) is 3.21. The summed E-state index contributed by atoms with van der Waals surface area (Å²) in [5.74, 6) is 0.185. The van der Waals surface area contributed by atoms with Gasteiger partial charge in [0.2, 0.25) is 0 Å². The van der Waals surface area contributed by atoms with E-state index in [1.807, 2.05) is 64.6 Å². The van der Waals surface area contributed by atoms with Gasteiger partial charge in [0.05, 0.1) is 6.04 Å². The Morgan fingerprint density at radius 1 is 0.792 bits per heavy atom. The number of hydrogen-bond donors (Lipinski definition) is 0. The Morgan fingerprint density at radius 3 is 2.00 bits per heavy atom. The van der Waals surface area contributed by atoms with Crippen molar-refractivity contribution in [2.24, 2.45) is 0 Å². The van der Waals surface area contributed by atoms with E-state index < -0.39 is 0 Å². The van der Waals surface area contributed by atoms with Crippen molar-refractivity contribution in [1.82, 2.24) is 4.90 Å². The Labute approximate surface area is 147 Å². The Balaban J connectivity index is 0.000000436. The lowest BCUT2D eigenvalue weighted by molar-refractivity contribution is 0.0740. The number of rotatable bonds is 0. The first-order valence-electron chi connectivity index (χ1n) is 9.34. The molecule has 1 unspecified atom stereocenters. The maximum absolute atomic E-state index is 12.4. The Bertz CT molecular complexity index is 648. The fraction of sp³-hybridized carbons (Fsp3) is 0.409. The lowest BCUT2D eigenvalue weighted by atomic mass is 9.90. The number of carbonyl (C=O) groups is 1. The van der Waals surface area contributed by atoms with Crippen LogP contribution in [0.25, 0.3) is 0 Å². The van der Waals surface area contributed by atoms with Gasteiger partial charge >= 0.3 is 0 Å². The lowest BCUT2D eigenvalue weighted by Gasteiger charge is -2.32. The molecule has 2 aliphatic rings. The summed E-state index contributed by atoms with van der Waals surface area (Å²) in [6.45, 7) is 12.8. The van der Waals surface area contributed by atoms with Gasteiger partial charge in [0.25, 0.3) is 5.91 Å². The minimum absolute atomic E-state index is 0.138. The summed E-state index contributed by atoms with van der Waals surface area (Å²) in [6, 6.07) is 16.6. The molecule has 0 saturated heterocycles. The smallest absolute Gasteiger partial charge is 0.255 e. The predicted molar refractivity (Wildman–Crippen MR) is 104 cm³/mol. The zero-order valence-corrected chi connectivity index (χ0v) is 16.0. The molecule has 0 aliphatic carbocycles. The molecule has 1 atom stereocenters. The van der Waals surface area contributed by atoms with E-state index in [-0.39, 0.29) is 11.9 Å². The third kappa shape index (κ3) is 3.53. The fourth-order valence-electron chi connectivity index (χ4n) is 3.21. The van der Waals surface area contributed by atoms with Crippen LogP contribution in [0.5, 0.6) is 0 Å². The Hall–Kier alpha value is -2.09. The van der Waals surface area contributed by atoms with Crippen LogP contribution in [0.4, 0.5) is 0 Å². The van der Waals surface area contributed by atoms with E-state index in [9.17, 15) is 4.79 Å². The zero-order valence-electron chi connectivity index (χ0n) is 16.0. The minimum atomic E-state index is 0.138.